The van der Waals surface area contributed by atoms with E-state index in [1.165, 1.54) is 31.2 Å². The lowest BCUT2D eigenvalue weighted by Crippen LogP contribution is -2.27. The van der Waals surface area contributed by atoms with E-state index in [0.717, 1.165) is 0 Å². The minimum Gasteiger partial charge on any atom is -0.493 e. The first-order valence-electron chi connectivity index (χ1n) is 9.17. The Hall–Kier alpha value is -2.62. The van der Waals surface area contributed by atoms with Gasteiger partial charge in [0, 0.05) is 30.6 Å². The third kappa shape index (κ3) is 8.40. The number of carbonyl (C=O) groups excluding carboxylic acids is 2. The van der Waals surface area contributed by atoms with Crippen LogP contribution in [0.15, 0.2) is 53.4 Å². The van der Waals surface area contributed by atoms with Crippen molar-refractivity contribution < 1.29 is 27.5 Å². The van der Waals surface area contributed by atoms with Crippen molar-refractivity contribution in [1.29, 1.82) is 0 Å². The van der Waals surface area contributed by atoms with Crippen molar-refractivity contribution in [3.63, 3.8) is 0 Å². The van der Waals surface area contributed by atoms with Crippen LogP contribution >= 0.6 is 11.6 Å². The number of benzene rings is 2. The summed E-state index contributed by atoms with van der Waals surface area (Å²) in [6, 6.07) is 12.6. The average Bonchev–Trinajstić information content (AvgIpc) is 2.69. The highest BCUT2D eigenvalue weighted by Crippen LogP contribution is 2.16. The smallest absolute Gasteiger partial charge is 0.307 e. The lowest BCUT2D eigenvalue weighted by atomic mass is 10.3. The van der Waals surface area contributed by atoms with Gasteiger partial charge in [-0.2, -0.15) is 0 Å². The summed E-state index contributed by atoms with van der Waals surface area (Å²) in [6.45, 7) is 1.81. The molecule has 0 unspecified atom stereocenters. The van der Waals surface area contributed by atoms with Crippen molar-refractivity contribution in [2.45, 2.75) is 24.7 Å². The van der Waals surface area contributed by atoms with Crippen molar-refractivity contribution in [3.05, 3.63) is 53.6 Å². The second-order valence-electron chi connectivity index (χ2n) is 6.23. The average molecular weight is 455 g/mol. The molecule has 0 spiro atoms. The maximum atomic E-state index is 12.2. The monoisotopic (exact) mass is 454 g/mol. The summed E-state index contributed by atoms with van der Waals surface area (Å²) in [6.07, 6.45) is 0.405. The molecule has 2 aromatic carbocycles. The normalized spacial score (nSPS) is 11.0. The molecule has 2 aromatic rings. The highest BCUT2D eigenvalue weighted by atomic mass is 35.5. The highest BCUT2D eigenvalue weighted by Gasteiger charge is 2.14. The molecular weight excluding hydrogens is 432 g/mol. The highest BCUT2D eigenvalue weighted by molar-refractivity contribution is 7.89. The molecule has 1 amide bonds. The molecule has 0 bridgehead atoms. The fourth-order valence-corrected chi connectivity index (χ4v) is 3.49. The fraction of sp³-hybridized carbons (Fsp3) is 0.300. The summed E-state index contributed by atoms with van der Waals surface area (Å²) < 4.78 is 37.3. The molecule has 2 N–H and O–H groups in total. The van der Waals surface area contributed by atoms with Gasteiger partial charge in [0.25, 0.3) is 0 Å². The zero-order valence-corrected chi connectivity index (χ0v) is 18.0. The zero-order chi connectivity index (χ0) is 22.0. The van der Waals surface area contributed by atoms with Gasteiger partial charge in [-0.3, -0.25) is 9.59 Å². The number of ether oxygens (including phenoxy) is 2. The van der Waals surface area contributed by atoms with Crippen LogP contribution in [0.5, 0.6) is 5.75 Å². The number of anilines is 1. The molecule has 0 radical (unpaired) electrons. The number of halogens is 1. The van der Waals surface area contributed by atoms with Crippen LogP contribution in [-0.4, -0.2) is 40.1 Å². The minimum absolute atomic E-state index is 0.0318. The van der Waals surface area contributed by atoms with Crippen LogP contribution in [0.3, 0.4) is 0 Å². The van der Waals surface area contributed by atoms with E-state index in [-0.39, 0.29) is 30.4 Å². The summed E-state index contributed by atoms with van der Waals surface area (Å²) in [4.78, 5) is 22.8. The van der Waals surface area contributed by atoms with Gasteiger partial charge in [0.05, 0.1) is 24.5 Å². The van der Waals surface area contributed by atoms with Crippen LogP contribution < -0.4 is 14.8 Å². The Morgan fingerprint density at radius 2 is 1.67 bits per heavy atom. The quantitative estimate of drug-likeness (QED) is 0.399. The third-order valence-electron chi connectivity index (χ3n) is 3.74. The topological polar surface area (TPSA) is 111 Å². The molecule has 30 heavy (non-hydrogen) atoms. The molecule has 0 saturated heterocycles. The number of hydrogen-bond donors (Lipinski definition) is 2. The maximum Gasteiger partial charge on any atom is 0.307 e. The molecular formula is C20H23ClN2O6S. The Kier molecular flexibility index (Phi) is 9.10. The van der Waals surface area contributed by atoms with Gasteiger partial charge in [0.1, 0.15) is 5.75 Å². The van der Waals surface area contributed by atoms with Gasteiger partial charge >= 0.3 is 5.97 Å². The Bertz CT molecular complexity index is 946. The van der Waals surface area contributed by atoms with E-state index in [1.54, 1.807) is 24.3 Å². The molecule has 0 aliphatic rings. The van der Waals surface area contributed by atoms with Crippen molar-refractivity contribution in [1.82, 2.24) is 4.72 Å². The largest absolute Gasteiger partial charge is 0.493 e. The summed E-state index contributed by atoms with van der Waals surface area (Å²) >= 11 is 5.79. The van der Waals surface area contributed by atoms with Gasteiger partial charge in [-0.25, -0.2) is 13.1 Å². The first-order chi connectivity index (χ1) is 14.3. The molecule has 162 valence electrons. The van der Waals surface area contributed by atoms with Gasteiger partial charge < -0.3 is 14.8 Å². The van der Waals surface area contributed by atoms with Gasteiger partial charge in [-0.1, -0.05) is 11.6 Å². The van der Waals surface area contributed by atoms with Crippen molar-refractivity contribution in [2.24, 2.45) is 0 Å². The van der Waals surface area contributed by atoms with E-state index in [1.807, 2.05) is 0 Å². The molecule has 0 heterocycles. The number of carbonyl (C=O) groups is 2. The Morgan fingerprint density at radius 1 is 1.00 bits per heavy atom. The first kappa shape index (κ1) is 23.7. The Labute approximate surface area is 180 Å². The van der Waals surface area contributed by atoms with Crippen LogP contribution in [0.1, 0.15) is 19.8 Å². The summed E-state index contributed by atoms with van der Waals surface area (Å²) in [5.74, 6) is -0.0887. The van der Waals surface area contributed by atoms with Crippen molar-refractivity contribution >= 4 is 39.2 Å². The van der Waals surface area contributed by atoms with Gasteiger partial charge in [0.2, 0.25) is 15.9 Å². The van der Waals surface area contributed by atoms with E-state index in [4.69, 9.17) is 21.1 Å². The summed E-state index contributed by atoms with van der Waals surface area (Å²) in [5, 5.41) is 3.17. The standard InChI is InChI=1S/C20H23ClN2O6S/c1-15(24)23-17-5-9-19(10-6-17)30(26,27)22-12-11-20(25)29-14-2-13-28-18-7-3-16(21)4-8-18/h3-10,22H,2,11-14H2,1H3,(H,23,24). The molecule has 0 fully saturated rings. The molecule has 0 aliphatic heterocycles. The number of nitrogens with one attached hydrogen (secondary N) is 2. The Balaban J connectivity index is 1.64. The third-order valence-corrected chi connectivity index (χ3v) is 5.47. The zero-order valence-electron chi connectivity index (χ0n) is 16.4. The molecule has 0 aromatic heterocycles. The molecule has 0 atom stereocenters. The number of rotatable bonds is 11. The summed E-state index contributed by atoms with van der Waals surface area (Å²) in [7, 11) is -3.76. The molecule has 8 nitrogen and oxygen atoms in total. The predicted octanol–water partition coefficient (Wildman–Crippen LogP) is 2.98. The van der Waals surface area contributed by atoms with Crippen molar-refractivity contribution in [3.8, 4) is 5.75 Å². The molecule has 2 rings (SSSR count). The van der Waals surface area contributed by atoms with Crippen LogP contribution in [0.25, 0.3) is 0 Å². The van der Waals surface area contributed by atoms with E-state index in [0.29, 0.717) is 29.5 Å². The maximum absolute atomic E-state index is 12.2. The molecule has 0 aliphatic carbocycles. The van der Waals surface area contributed by atoms with Crippen LogP contribution in [0, 0.1) is 0 Å². The molecule has 10 heteroatoms. The SMILES string of the molecule is CC(=O)Nc1ccc(S(=O)(=O)NCCC(=O)OCCCOc2ccc(Cl)cc2)cc1. The van der Waals surface area contributed by atoms with Crippen LogP contribution in [0.2, 0.25) is 5.02 Å². The predicted molar refractivity (Wildman–Crippen MR) is 113 cm³/mol. The second-order valence-corrected chi connectivity index (χ2v) is 8.43. The van der Waals surface area contributed by atoms with Crippen LogP contribution in [0.4, 0.5) is 5.69 Å². The van der Waals surface area contributed by atoms with Crippen molar-refractivity contribution in [2.75, 3.05) is 25.1 Å². The summed E-state index contributed by atoms with van der Waals surface area (Å²) in [5.41, 5.74) is 0.491. The lowest BCUT2D eigenvalue weighted by Gasteiger charge is -2.09. The number of amides is 1. The molecule has 0 saturated carbocycles. The number of sulfonamides is 1. The van der Waals surface area contributed by atoms with E-state index < -0.39 is 16.0 Å². The number of hydrogen-bond acceptors (Lipinski definition) is 6. The number of esters is 1. The minimum atomic E-state index is -3.76. The van der Waals surface area contributed by atoms with E-state index >= 15 is 0 Å². The van der Waals surface area contributed by atoms with E-state index in [9.17, 15) is 18.0 Å². The van der Waals surface area contributed by atoms with E-state index in [2.05, 4.69) is 10.0 Å². The Morgan fingerprint density at radius 3 is 2.30 bits per heavy atom. The van der Waals surface area contributed by atoms with Gasteiger partial charge in [-0.05, 0) is 48.5 Å². The van der Waals surface area contributed by atoms with Crippen LogP contribution in [-0.2, 0) is 24.3 Å². The van der Waals surface area contributed by atoms with Gasteiger partial charge in [0.15, 0.2) is 0 Å². The fourth-order valence-electron chi connectivity index (χ4n) is 2.33. The van der Waals surface area contributed by atoms with Gasteiger partial charge in [-0.15, -0.1) is 0 Å². The second kappa shape index (κ2) is 11.5. The first-order valence-corrected chi connectivity index (χ1v) is 11.0. The lowest BCUT2D eigenvalue weighted by molar-refractivity contribution is -0.143.